The van der Waals surface area contributed by atoms with Crippen LogP contribution in [0.4, 0.5) is 10.1 Å². The van der Waals surface area contributed by atoms with Crippen LogP contribution in [0.5, 0.6) is 0 Å². The summed E-state index contributed by atoms with van der Waals surface area (Å²) in [6.45, 7) is 3.84. The zero-order valence-electron chi connectivity index (χ0n) is 17.3. The van der Waals surface area contributed by atoms with Gasteiger partial charge in [0.2, 0.25) is 5.91 Å². The van der Waals surface area contributed by atoms with Crippen LogP contribution in [0.3, 0.4) is 0 Å². The number of benzene rings is 2. The molecule has 6 nitrogen and oxygen atoms in total. The van der Waals surface area contributed by atoms with E-state index in [0.29, 0.717) is 11.2 Å². The van der Waals surface area contributed by atoms with Gasteiger partial charge >= 0.3 is 5.97 Å². The van der Waals surface area contributed by atoms with Crippen LogP contribution in [-0.4, -0.2) is 27.6 Å². The normalized spacial score (nSPS) is 10.9. The first-order chi connectivity index (χ1) is 15.0. The summed E-state index contributed by atoms with van der Waals surface area (Å²) >= 11 is 0. The number of halogens is 1. The van der Waals surface area contributed by atoms with Gasteiger partial charge in [-0.1, -0.05) is 12.1 Å². The number of anilines is 1. The third-order valence-electron chi connectivity index (χ3n) is 4.95. The van der Waals surface area contributed by atoms with Gasteiger partial charge in [0.05, 0.1) is 17.6 Å². The van der Waals surface area contributed by atoms with E-state index >= 15 is 0 Å². The Morgan fingerprint density at radius 2 is 1.81 bits per heavy atom. The van der Waals surface area contributed by atoms with E-state index in [4.69, 9.17) is 4.74 Å². The first kappa shape index (κ1) is 20.4. The van der Waals surface area contributed by atoms with E-state index in [2.05, 4.69) is 5.32 Å². The van der Waals surface area contributed by atoms with Gasteiger partial charge in [-0.05, 0) is 67.9 Å². The molecule has 0 unspecified atom stereocenters. The summed E-state index contributed by atoms with van der Waals surface area (Å²) in [7, 11) is 0. The molecule has 0 saturated carbocycles. The molecule has 0 spiro atoms. The van der Waals surface area contributed by atoms with E-state index in [1.165, 1.54) is 12.1 Å². The maximum Gasteiger partial charge on any atom is 0.355 e. The largest absolute Gasteiger partial charge is 0.461 e. The number of esters is 1. The van der Waals surface area contributed by atoms with Gasteiger partial charge in [0, 0.05) is 17.6 Å². The van der Waals surface area contributed by atoms with Gasteiger partial charge in [-0.2, -0.15) is 0 Å². The van der Waals surface area contributed by atoms with Crippen molar-refractivity contribution in [3.63, 3.8) is 0 Å². The summed E-state index contributed by atoms with van der Waals surface area (Å²) in [6, 6.07) is 17.1. The third kappa shape index (κ3) is 4.21. The molecule has 0 radical (unpaired) electrons. The summed E-state index contributed by atoms with van der Waals surface area (Å²) < 4.78 is 22.0. The van der Waals surface area contributed by atoms with Crippen LogP contribution in [0.1, 0.15) is 23.0 Å². The fourth-order valence-corrected chi connectivity index (χ4v) is 3.58. The fourth-order valence-electron chi connectivity index (χ4n) is 3.58. The number of amides is 1. The van der Waals surface area contributed by atoms with Crippen molar-refractivity contribution in [3.05, 3.63) is 83.9 Å². The Kier molecular flexibility index (Phi) is 5.58. The number of nitrogens with zero attached hydrogens (tertiary/aromatic N) is 2. The molecular weight excluding hydrogens is 397 g/mol. The van der Waals surface area contributed by atoms with Crippen LogP contribution in [0, 0.1) is 12.7 Å². The number of aryl methyl sites for hydroxylation is 1. The second-order valence-electron chi connectivity index (χ2n) is 7.19. The Bertz CT molecular complexity index is 1260. The average Bonchev–Trinajstić information content (AvgIpc) is 3.29. The van der Waals surface area contributed by atoms with Crippen molar-refractivity contribution in [3.8, 4) is 5.69 Å². The standard InChI is InChI=1S/C24H22FN3O3/c1-3-31-24(30)22-14-21-20(11-12-27(21)19-9-7-17(25)8-10-19)28(22)15-23(29)26-18-6-4-5-16(2)13-18/h4-14H,3,15H2,1-2H3,(H,26,29). The van der Waals surface area contributed by atoms with Gasteiger partial charge in [-0.15, -0.1) is 0 Å². The predicted octanol–water partition coefficient (Wildman–Crippen LogP) is 4.69. The van der Waals surface area contributed by atoms with Crippen molar-refractivity contribution in [1.29, 1.82) is 0 Å². The van der Waals surface area contributed by atoms with E-state index in [1.807, 2.05) is 48.0 Å². The zero-order chi connectivity index (χ0) is 22.0. The highest BCUT2D eigenvalue weighted by Crippen LogP contribution is 2.26. The number of aromatic nitrogens is 2. The number of hydrogen-bond donors (Lipinski definition) is 1. The minimum absolute atomic E-state index is 0.0565. The van der Waals surface area contributed by atoms with Crippen LogP contribution in [0.15, 0.2) is 66.9 Å². The lowest BCUT2D eigenvalue weighted by Crippen LogP contribution is -2.22. The molecule has 0 atom stereocenters. The van der Waals surface area contributed by atoms with Crippen LogP contribution in [-0.2, 0) is 16.1 Å². The first-order valence-corrected chi connectivity index (χ1v) is 9.96. The summed E-state index contributed by atoms with van der Waals surface area (Å²) in [5.41, 5.74) is 4.17. The molecule has 0 saturated heterocycles. The molecule has 1 N–H and O–H groups in total. The van der Waals surface area contributed by atoms with Crippen LogP contribution in [0.2, 0.25) is 0 Å². The van der Waals surface area contributed by atoms with Gasteiger partial charge < -0.3 is 19.2 Å². The highest BCUT2D eigenvalue weighted by Gasteiger charge is 2.21. The molecule has 0 bridgehead atoms. The van der Waals surface area contributed by atoms with E-state index in [-0.39, 0.29) is 30.6 Å². The van der Waals surface area contributed by atoms with Gasteiger partial charge in [-0.3, -0.25) is 4.79 Å². The molecule has 0 aliphatic carbocycles. The Balaban J connectivity index is 1.71. The quantitative estimate of drug-likeness (QED) is 0.461. The lowest BCUT2D eigenvalue weighted by Gasteiger charge is -2.10. The molecule has 158 valence electrons. The van der Waals surface area contributed by atoms with E-state index in [9.17, 15) is 14.0 Å². The van der Waals surface area contributed by atoms with E-state index in [0.717, 1.165) is 16.8 Å². The molecule has 0 aliphatic rings. The fraction of sp³-hybridized carbons (Fsp3) is 0.167. The smallest absolute Gasteiger partial charge is 0.355 e. The van der Waals surface area contributed by atoms with Crippen LogP contribution >= 0.6 is 0 Å². The SMILES string of the molecule is CCOC(=O)c1cc2c(ccn2-c2ccc(F)cc2)n1CC(=O)Nc1cccc(C)c1. The number of ether oxygens (including phenoxy) is 1. The minimum atomic E-state index is -0.507. The molecule has 2 aromatic carbocycles. The lowest BCUT2D eigenvalue weighted by molar-refractivity contribution is -0.116. The monoisotopic (exact) mass is 419 g/mol. The molecule has 1 amide bonds. The molecule has 0 fully saturated rings. The van der Waals surface area contributed by atoms with Gasteiger partial charge in [0.25, 0.3) is 0 Å². The number of nitrogens with one attached hydrogen (secondary N) is 1. The molecule has 7 heteroatoms. The molecular formula is C24H22FN3O3. The Labute approximate surface area is 178 Å². The second kappa shape index (κ2) is 8.47. The maximum atomic E-state index is 13.3. The van der Waals surface area contributed by atoms with Crippen molar-refractivity contribution >= 4 is 28.6 Å². The van der Waals surface area contributed by atoms with E-state index < -0.39 is 5.97 Å². The Morgan fingerprint density at radius 3 is 2.52 bits per heavy atom. The van der Waals surface area contributed by atoms with Crippen molar-refractivity contribution in [2.75, 3.05) is 11.9 Å². The van der Waals surface area contributed by atoms with Gasteiger partial charge in [0.1, 0.15) is 18.1 Å². The van der Waals surface area contributed by atoms with Crippen molar-refractivity contribution in [2.45, 2.75) is 20.4 Å². The van der Waals surface area contributed by atoms with Gasteiger partial charge in [-0.25, -0.2) is 9.18 Å². The van der Waals surface area contributed by atoms with E-state index in [1.54, 1.807) is 29.7 Å². The maximum absolute atomic E-state index is 13.3. The number of carbonyl (C=O) groups is 2. The zero-order valence-corrected chi connectivity index (χ0v) is 17.3. The summed E-state index contributed by atoms with van der Waals surface area (Å²) in [6.07, 6.45) is 1.82. The van der Waals surface area contributed by atoms with Crippen molar-refractivity contribution in [1.82, 2.24) is 9.13 Å². The van der Waals surface area contributed by atoms with Crippen LogP contribution < -0.4 is 5.32 Å². The predicted molar refractivity (Wildman–Crippen MR) is 117 cm³/mol. The number of hydrogen-bond acceptors (Lipinski definition) is 3. The van der Waals surface area contributed by atoms with Crippen molar-refractivity contribution in [2.24, 2.45) is 0 Å². The third-order valence-corrected chi connectivity index (χ3v) is 4.95. The second-order valence-corrected chi connectivity index (χ2v) is 7.19. The first-order valence-electron chi connectivity index (χ1n) is 9.96. The number of fused-ring (bicyclic) bond motifs is 1. The molecule has 4 rings (SSSR count). The highest BCUT2D eigenvalue weighted by atomic mass is 19.1. The number of carbonyl (C=O) groups excluding carboxylic acids is 2. The summed E-state index contributed by atoms with van der Waals surface area (Å²) in [5.74, 6) is -1.10. The Hall–Kier alpha value is -3.87. The molecule has 31 heavy (non-hydrogen) atoms. The minimum Gasteiger partial charge on any atom is -0.461 e. The molecule has 0 aliphatic heterocycles. The topological polar surface area (TPSA) is 65.3 Å². The van der Waals surface area contributed by atoms with Gasteiger partial charge in [0.15, 0.2) is 0 Å². The van der Waals surface area contributed by atoms with Crippen LogP contribution in [0.25, 0.3) is 16.7 Å². The molecule has 2 heterocycles. The summed E-state index contributed by atoms with van der Waals surface area (Å²) in [5, 5.41) is 2.87. The van der Waals surface area contributed by atoms with Crippen molar-refractivity contribution < 1.29 is 18.7 Å². The Morgan fingerprint density at radius 1 is 1.03 bits per heavy atom. The summed E-state index contributed by atoms with van der Waals surface area (Å²) in [4.78, 5) is 25.3. The average molecular weight is 419 g/mol. The lowest BCUT2D eigenvalue weighted by atomic mass is 10.2. The number of rotatable bonds is 6. The highest BCUT2D eigenvalue weighted by molar-refractivity contribution is 5.98. The molecule has 4 aromatic rings. The molecule has 2 aromatic heterocycles.